The van der Waals surface area contributed by atoms with Crippen molar-refractivity contribution in [2.24, 2.45) is 11.8 Å². The van der Waals surface area contributed by atoms with Crippen molar-refractivity contribution in [3.8, 4) is 0 Å². The molecule has 0 aromatic carbocycles. The second-order valence-corrected chi connectivity index (χ2v) is 23.1. The van der Waals surface area contributed by atoms with E-state index < -0.39 is 0 Å². The fourth-order valence-electron chi connectivity index (χ4n) is 11.5. The highest BCUT2D eigenvalue weighted by Gasteiger charge is 2.50. The Balaban J connectivity index is 1.95. The van der Waals surface area contributed by atoms with Gasteiger partial charge in [-0.15, -0.1) is 0 Å². The number of nitrogens with one attached hydrogen (secondary N) is 2. The summed E-state index contributed by atoms with van der Waals surface area (Å²) in [7, 11) is 0. The molecule has 67 heavy (non-hydrogen) atoms. The van der Waals surface area contributed by atoms with Crippen molar-refractivity contribution in [3.63, 3.8) is 0 Å². The lowest BCUT2D eigenvalue weighted by Crippen LogP contribution is -2.62. The summed E-state index contributed by atoms with van der Waals surface area (Å²) in [6.07, 6.45) is 27.5. The summed E-state index contributed by atoms with van der Waals surface area (Å²) >= 11 is 0. The molecule has 1 aromatic heterocycles. The van der Waals surface area contributed by atoms with E-state index >= 15 is 0 Å². The number of hydrogen-bond acceptors (Lipinski definition) is 12. The molecule has 3 heterocycles. The van der Waals surface area contributed by atoms with E-state index in [2.05, 4.69) is 118 Å². The number of unbranched alkanes of at least 4 members (excludes halogenated alkanes) is 12. The molecular formula is C55H108N8O4. The van der Waals surface area contributed by atoms with E-state index in [0.29, 0.717) is 56.4 Å². The Bertz CT molecular complexity index is 1310. The average molecular weight is 946 g/mol. The van der Waals surface area contributed by atoms with E-state index in [1.54, 1.807) is 0 Å². The molecule has 2 unspecified atom stereocenters. The number of rotatable bonds is 37. The van der Waals surface area contributed by atoms with E-state index in [9.17, 15) is 0 Å². The molecule has 0 radical (unpaired) electrons. The summed E-state index contributed by atoms with van der Waals surface area (Å²) in [5.74, 6) is 2.60. The summed E-state index contributed by atoms with van der Waals surface area (Å²) in [5.41, 5.74) is -0.534. The highest BCUT2D eigenvalue weighted by molar-refractivity contribution is 5.45. The van der Waals surface area contributed by atoms with Crippen LogP contribution in [0.15, 0.2) is 0 Å². The maximum absolute atomic E-state index is 6.69. The van der Waals surface area contributed by atoms with E-state index in [1.807, 2.05) is 4.90 Å². The Morgan fingerprint density at radius 1 is 0.463 bits per heavy atom. The number of nitrogens with zero attached hydrogens (tertiary/aromatic N) is 6. The van der Waals surface area contributed by atoms with Gasteiger partial charge in [0.1, 0.15) is 13.5 Å². The zero-order chi connectivity index (χ0) is 49.4. The average Bonchev–Trinajstić information content (AvgIpc) is 3.25. The highest BCUT2D eigenvalue weighted by Crippen LogP contribution is 2.46. The first-order chi connectivity index (χ1) is 32.0. The van der Waals surface area contributed by atoms with E-state index in [-0.39, 0.29) is 34.2 Å². The van der Waals surface area contributed by atoms with E-state index in [0.717, 1.165) is 103 Å². The molecule has 2 atom stereocenters. The molecule has 0 spiro atoms. The Kier molecular flexibility index (Phi) is 27.3. The zero-order valence-corrected chi connectivity index (χ0v) is 46.3. The summed E-state index contributed by atoms with van der Waals surface area (Å²) < 4.78 is 12.5. The molecule has 0 bridgehead atoms. The van der Waals surface area contributed by atoms with Gasteiger partial charge in [-0.05, 0) is 131 Å². The fraction of sp³-hybridized carbons (Fsp3) is 0.945. The largest absolute Gasteiger partial charge is 0.361 e. The monoisotopic (exact) mass is 945 g/mol. The quantitative estimate of drug-likeness (QED) is 0.0490. The summed E-state index contributed by atoms with van der Waals surface area (Å²) in [6, 6.07) is 0.354. The third-order valence-electron chi connectivity index (χ3n) is 14.3. The van der Waals surface area contributed by atoms with Crippen molar-refractivity contribution in [1.29, 1.82) is 0 Å². The van der Waals surface area contributed by atoms with Crippen LogP contribution in [0.3, 0.4) is 0 Å². The predicted molar refractivity (Wildman–Crippen MR) is 282 cm³/mol. The fourth-order valence-corrected chi connectivity index (χ4v) is 11.5. The van der Waals surface area contributed by atoms with Crippen LogP contribution in [-0.4, -0.2) is 99.2 Å². The molecule has 3 rings (SSSR count). The molecule has 0 amide bonds. The minimum atomic E-state index is -0.133. The van der Waals surface area contributed by atoms with Crippen LogP contribution in [0.4, 0.5) is 17.8 Å². The Morgan fingerprint density at radius 3 is 1.15 bits per heavy atom. The summed E-state index contributed by atoms with van der Waals surface area (Å²) in [4.78, 5) is 31.1. The number of anilines is 3. The van der Waals surface area contributed by atoms with Gasteiger partial charge in [-0.2, -0.15) is 25.1 Å². The van der Waals surface area contributed by atoms with Crippen LogP contribution in [0.2, 0.25) is 0 Å². The molecule has 392 valence electrons. The highest BCUT2D eigenvalue weighted by atomic mass is 16.7. The van der Waals surface area contributed by atoms with Crippen molar-refractivity contribution >= 4 is 17.8 Å². The molecule has 1 aromatic rings. The molecule has 2 N–H and O–H groups in total. The molecule has 2 saturated heterocycles. The lowest BCUT2D eigenvalue weighted by molar-refractivity contribution is -0.289. The van der Waals surface area contributed by atoms with Gasteiger partial charge < -0.3 is 20.1 Å². The van der Waals surface area contributed by atoms with Crippen molar-refractivity contribution in [1.82, 2.24) is 25.1 Å². The van der Waals surface area contributed by atoms with Crippen LogP contribution in [0.5, 0.6) is 0 Å². The number of aromatic nitrogens is 3. The lowest BCUT2D eigenvalue weighted by Gasteiger charge is -2.55. The van der Waals surface area contributed by atoms with Gasteiger partial charge in [0.2, 0.25) is 17.8 Å². The molecule has 2 fully saturated rings. The van der Waals surface area contributed by atoms with Gasteiger partial charge in [-0.25, -0.2) is 0 Å². The standard InChI is InChI=1S/C55H108N8O4/c1-15-21-25-27-29-31-37-66-62-52(7,8)39-45(40-53(62,9)10)47(33-19-5)56-49-58-50(60-51(59-49)61(43-64-35-23-17-3)44-65-36-24-18-4)57-48(34-20-6)46-41-54(11,12)63(55(13,14)42-46)67-38-32-30-28-26-22-16-2/h45-48H,15-44H2,1-14H3,(H2,56,57,58,59,60). The molecular weight excluding hydrogens is 837 g/mol. The first-order valence-corrected chi connectivity index (χ1v) is 28.0. The second-order valence-electron chi connectivity index (χ2n) is 23.1. The number of hydrogen-bond donors (Lipinski definition) is 2. The Labute approximate surface area is 413 Å². The minimum Gasteiger partial charge on any atom is -0.361 e. The number of ether oxygens (including phenoxy) is 2. The van der Waals surface area contributed by atoms with Gasteiger partial charge in [-0.1, -0.05) is 131 Å². The van der Waals surface area contributed by atoms with Crippen LogP contribution in [0.1, 0.15) is 251 Å². The Hall–Kier alpha value is -1.83. The van der Waals surface area contributed by atoms with Crippen molar-refractivity contribution in [2.45, 2.75) is 285 Å². The van der Waals surface area contributed by atoms with Gasteiger partial charge >= 0.3 is 0 Å². The predicted octanol–water partition coefficient (Wildman–Crippen LogP) is 14.5. The molecule has 0 saturated carbocycles. The van der Waals surface area contributed by atoms with Crippen LogP contribution in [0.25, 0.3) is 0 Å². The topological polar surface area (TPSA) is 109 Å². The van der Waals surface area contributed by atoms with Crippen LogP contribution in [-0.2, 0) is 19.1 Å². The lowest BCUT2D eigenvalue weighted by atomic mass is 9.71. The summed E-state index contributed by atoms with van der Waals surface area (Å²) in [6.45, 7) is 36.1. The molecule has 0 aliphatic carbocycles. The van der Waals surface area contributed by atoms with Crippen molar-refractivity contribution < 1.29 is 19.1 Å². The third kappa shape index (κ3) is 20.4. The van der Waals surface area contributed by atoms with Gasteiger partial charge in [-0.3, -0.25) is 14.6 Å². The van der Waals surface area contributed by atoms with Crippen molar-refractivity contribution in [3.05, 3.63) is 0 Å². The van der Waals surface area contributed by atoms with E-state index in [4.69, 9.17) is 34.1 Å². The van der Waals surface area contributed by atoms with Gasteiger partial charge in [0, 0.05) is 47.5 Å². The number of hydroxylamine groups is 4. The third-order valence-corrected chi connectivity index (χ3v) is 14.3. The van der Waals surface area contributed by atoms with Crippen LogP contribution in [0, 0.1) is 11.8 Å². The van der Waals surface area contributed by atoms with Gasteiger partial charge in [0.25, 0.3) is 0 Å². The van der Waals surface area contributed by atoms with Crippen molar-refractivity contribution in [2.75, 3.05) is 55.4 Å². The maximum atomic E-state index is 6.69. The first-order valence-electron chi connectivity index (χ1n) is 28.0. The SMILES string of the molecule is CCCCCCCCON1C(C)(C)CC(C(CCC)Nc2nc(NC(CCC)C3CC(C)(C)N(OCCCCCCCC)C(C)(C)C3)nc(N(COCCCC)COCCCC)n2)CC1(C)C. The second kappa shape index (κ2) is 30.8. The number of piperidine rings is 2. The van der Waals surface area contributed by atoms with Gasteiger partial charge in [0.15, 0.2) is 0 Å². The maximum Gasteiger partial charge on any atom is 0.235 e. The molecule has 12 heteroatoms. The summed E-state index contributed by atoms with van der Waals surface area (Å²) in [5, 5.41) is 12.6. The van der Waals surface area contributed by atoms with Crippen LogP contribution >= 0.6 is 0 Å². The Morgan fingerprint density at radius 2 is 0.806 bits per heavy atom. The smallest absolute Gasteiger partial charge is 0.235 e. The van der Waals surface area contributed by atoms with E-state index in [1.165, 1.54) is 64.2 Å². The zero-order valence-electron chi connectivity index (χ0n) is 46.3. The molecule has 2 aliphatic rings. The molecule has 2 aliphatic heterocycles. The van der Waals surface area contributed by atoms with Gasteiger partial charge in [0.05, 0.1) is 13.2 Å². The minimum absolute atomic E-state index is 0.133. The first kappa shape index (κ1) is 59.5. The molecule has 12 nitrogen and oxygen atoms in total. The normalized spacial score (nSPS) is 19.7. The van der Waals surface area contributed by atoms with Crippen LogP contribution < -0.4 is 15.5 Å².